The number of rotatable bonds is 1. The second-order valence-electron chi connectivity index (χ2n) is 3.76. The van der Waals surface area contributed by atoms with Crippen molar-refractivity contribution in [3.8, 4) is 0 Å². The predicted octanol–water partition coefficient (Wildman–Crippen LogP) is 1.56. The van der Waals surface area contributed by atoms with E-state index in [4.69, 9.17) is 5.11 Å². The summed E-state index contributed by atoms with van der Waals surface area (Å²) in [6.07, 6.45) is 0. The number of amides is 1. The van der Waals surface area contributed by atoms with E-state index in [1.165, 1.54) is 13.0 Å². The molecule has 16 heavy (non-hydrogen) atoms. The Hall–Kier alpha value is -1.43. The van der Waals surface area contributed by atoms with Crippen molar-refractivity contribution in [2.24, 2.45) is 0 Å². The fourth-order valence-electron chi connectivity index (χ4n) is 1.72. The lowest BCUT2D eigenvalue weighted by atomic mass is 10.3. The molecule has 1 unspecified atom stereocenters. The Balaban J connectivity index is 2.45. The molecule has 2 heterocycles. The van der Waals surface area contributed by atoms with E-state index in [0.717, 1.165) is 5.03 Å². The standard InChI is InChI=1S/C10H12N2O3S/c1-5-4-12(6(2)13)8-3-7(10(14)15)11-9(8)16-5/h3,5,11H,4H2,1-2H3,(H,14,15). The van der Waals surface area contributed by atoms with E-state index < -0.39 is 5.97 Å². The first-order chi connectivity index (χ1) is 7.49. The molecular formula is C10H12N2O3S. The summed E-state index contributed by atoms with van der Waals surface area (Å²) in [5, 5.41) is 9.90. The topological polar surface area (TPSA) is 73.4 Å². The van der Waals surface area contributed by atoms with Crippen LogP contribution >= 0.6 is 11.8 Å². The molecule has 6 heteroatoms. The highest BCUT2D eigenvalue weighted by atomic mass is 32.2. The highest BCUT2D eigenvalue weighted by molar-refractivity contribution is 8.00. The maximum Gasteiger partial charge on any atom is 0.352 e. The minimum Gasteiger partial charge on any atom is -0.477 e. The van der Waals surface area contributed by atoms with Crippen molar-refractivity contribution in [2.75, 3.05) is 11.4 Å². The molecule has 0 aliphatic carbocycles. The predicted molar refractivity (Wildman–Crippen MR) is 61.1 cm³/mol. The molecule has 0 aromatic carbocycles. The van der Waals surface area contributed by atoms with Gasteiger partial charge in [0.2, 0.25) is 5.91 Å². The number of hydrogen-bond donors (Lipinski definition) is 2. The summed E-state index contributed by atoms with van der Waals surface area (Å²) in [4.78, 5) is 26.7. The summed E-state index contributed by atoms with van der Waals surface area (Å²) in [7, 11) is 0. The molecule has 0 saturated carbocycles. The van der Waals surface area contributed by atoms with Crippen LogP contribution in [0.2, 0.25) is 0 Å². The summed E-state index contributed by atoms with van der Waals surface area (Å²) >= 11 is 1.56. The van der Waals surface area contributed by atoms with E-state index in [2.05, 4.69) is 4.98 Å². The summed E-state index contributed by atoms with van der Waals surface area (Å²) in [5.41, 5.74) is 0.797. The Morgan fingerprint density at radius 1 is 1.62 bits per heavy atom. The lowest BCUT2D eigenvalue weighted by Gasteiger charge is -2.29. The normalized spacial score (nSPS) is 19.4. The summed E-state index contributed by atoms with van der Waals surface area (Å²) in [5.74, 6) is -1.07. The SMILES string of the molecule is CC(=O)N1CC(C)Sc2[nH]c(C(=O)O)cc21. The molecule has 1 atom stereocenters. The van der Waals surface area contributed by atoms with E-state index in [-0.39, 0.29) is 16.9 Å². The van der Waals surface area contributed by atoms with Crippen LogP contribution in [0.1, 0.15) is 24.3 Å². The highest BCUT2D eigenvalue weighted by Crippen LogP contribution is 2.38. The molecule has 5 nitrogen and oxygen atoms in total. The van der Waals surface area contributed by atoms with Gasteiger partial charge in [-0.25, -0.2) is 4.79 Å². The van der Waals surface area contributed by atoms with Gasteiger partial charge in [0.25, 0.3) is 0 Å². The lowest BCUT2D eigenvalue weighted by molar-refractivity contribution is -0.116. The molecule has 0 bridgehead atoms. The third kappa shape index (κ3) is 1.80. The van der Waals surface area contributed by atoms with Gasteiger partial charge in [-0.2, -0.15) is 0 Å². The van der Waals surface area contributed by atoms with Gasteiger partial charge in [0, 0.05) is 18.7 Å². The van der Waals surface area contributed by atoms with Gasteiger partial charge in [-0.05, 0) is 6.07 Å². The van der Waals surface area contributed by atoms with Crippen LogP contribution in [-0.4, -0.2) is 33.8 Å². The van der Waals surface area contributed by atoms with Gasteiger partial charge < -0.3 is 15.0 Å². The third-order valence-corrected chi connectivity index (χ3v) is 3.52. The number of carbonyl (C=O) groups excluding carboxylic acids is 1. The molecule has 1 aliphatic rings. The zero-order valence-corrected chi connectivity index (χ0v) is 9.80. The average molecular weight is 240 g/mol. The van der Waals surface area contributed by atoms with Crippen LogP contribution in [0, 0.1) is 0 Å². The maximum atomic E-state index is 11.4. The number of aromatic carboxylic acids is 1. The zero-order chi connectivity index (χ0) is 11.9. The number of carboxylic acid groups (broad SMARTS) is 1. The Bertz CT molecular complexity index is 455. The van der Waals surface area contributed by atoms with Crippen LogP contribution in [-0.2, 0) is 4.79 Å². The van der Waals surface area contributed by atoms with E-state index >= 15 is 0 Å². The Morgan fingerprint density at radius 2 is 2.31 bits per heavy atom. The quantitative estimate of drug-likeness (QED) is 0.781. The van der Waals surface area contributed by atoms with Gasteiger partial charge in [0.05, 0.1) is 10.7 Å². The Morgan fingerprint density at radius 3 is 2.88 bits per heavy atom. The van der Waals surface area contributed by atoms with E-state index in [9.17, 15) is 9.59 Å². The van der Waals surface area contributed by atoms with Gasteiger partial charge in [-0.1, -0.05) is 6.92 Å². The van der Waals surface area contributed by atoms with Gasteiger partial charge in [0.1, 0.15) is 5.69 Å². The van der Waals surface area contributed by atoms with Crippen LogP contribution in [0.15, 0.2) is 11.1 Å². The number of anilines is 1. The number of carbonyl (C=O) groups is 2. The molecule has 2 rings (SSSR count). The minimum atomic E-state index is -1.01. The molecule has 1 aliphatic heterocycles. The van der Waals surface area contributed by atoms with Crippen LogP contribution < -0.4 is 4.90 Å². The fourth-order valence-corrected chi connectivity index (χ4v) is 2.81. The largest absolute Gasteiger partial charge is 0.477 e. The maximum absolute atomic E-state index is 11.4. The Kier molecular flexibility index (Phi) is 2.67. The number of fused-ring (bicyclic) bond motifs is 1. The van der Waals surface area contributed by atoms with Crippen molar-refractivity contribution in [1.29, 1.82) is 0 Å². The van der Waals surface area contributed by atoms with Crippen molar-refractivity contribution in [3.05, 3.63) is 11.8 Å². The molecule has 1 aromatic heterocycles. The van der Waals surface area contributed by atoms with Crippen molar-refractivity contribution in [1.82, 2.24) is 4.98 Å². The molecular weight excluding hydrogens is 228 g/mol. The van der Waals surface area contributed by atoms with Crippen molar-refractivity contribution >= 4 is 29.3 Å². The summed E-state index contributed by atoms with van der Waals surface area (Å²) in [6.45, 7) is 4.11. The van der Waals surface area contributed by atoms with E-state index in [0.29, 0.717) is 12.2 Å². The second kappa shape index (κ2) is 3.86. The molecule has 1 aromatic rings. The minimum absolute atomic E-state index is 0.0654. The smallest absolute Gasteiger partial charge is 0.352 e. The molecule has 1 amide bonds. The van der Waals surface area contributed by atoms with Crippen molar-refractivity contribution < 1.29 is 14.7 Å². The lowest BCUT2D eigenvalue weighted by Crippen LogP contribution is -2.36. The molecule has 0 radical (unpaired) electrons. The molecule has 0 saturated heterocycles. The number of nitrogens with one attached hydrogen (secondary N) is 1. The number of H-pyrrole nitrogens is 1. The zero-order valence-electron chi connectivity index (χ0n) is 8.98. The van der Waals surface area contributed by atoms with Gasteiger partial charge in [-0.15, -0.1) is 11.8 Å². The van der Waals surface area contributed by atoms with E-state index in [1.807, 2.05) is 6.92 Å². The van der Waals surface area contributed by atoms with Gasteiger partial charge in [0.15, 0.2) is 0 Å². The number of carboxylic acids is 1. The first-order valence-corrected chi connectivity index (χ1v) is 5.78. The van der Waals surface area contributed by atoms with Crippen LogP contribution in [0.5, 0.6) is 0 Å². The third-order valence-electron chi connectivity index (χ3n) is 2.42. The first kappa shape index (κ1) is 11.1. The second-order valence-corrected chi connectivity index (χ2v) is 5.21. The highest BCUT2D eigenvalue weighted by Gasteiger charge is 2.28. The summed E-state index contributed by atoms with van der Waals surface area (Å²) in [6, 6.07) is 1.51. The van der Waals surface area contributed by atoms with Gasteiger partial charge in [-0.3, -0.25) is 4.79 Å². The number of nitrogens with zero attached hydrogens (tertiary/aromatic N) is 1. The fraction of sp³-hybridized carbons (Fsp3) is 0.400. The van der Waals surface area contributed by atoms with Gasteiger partial charge >= 0.3 is 5.97 Å². The van der Waals surface area contributed by atoms with Crippen LogP contribution in [0.3, 0.4) is 0 Å². The van der Waals surface area contributed by atoms with E-state index in [1.54, 1.807) is 16.7 Å². The molecule has 0 fully saturated rings. The van der Waals surface area contributed by atoms with Crippen LogP contribution in [0.25, 0.3) is 0 Å². The monoisotopic (exact) mass is 240 g/mol. The first-order valence-electron chi connectivity index (χ1n) is 4.90. The Labute approximate surface area is 96.8 Å². The van der Waals surface area contributed by atoms with Crippen molar-refractivity contribution in [3.63, 3.8) is 0 Å². The number of aromatic nitrogens is 1. The number of aromatic amines is 1. The average Bonchev–Trinajstić information content (AvgIpc) is 2.59. The molecule has 2 N–H and O–H groups in total. The summed E-state index contributed by atoms with van der Waals surface area (Å²) < 4.78 is 0. The van der Waals surface area contributed by atoms with Crippen molar-refractivity contribution in [2.45, 2.75) is 24.1 Å². The molecule has 86 valence electrons. The number of hydrogen-bond acceptors (Lipinski definition) is 3. The molecule has 0 spiro atoms. The van der Waals surface area contributed by atoms with Crippen LogP contribution in [0.4, 0.5) is 5.69 Å². The number of thioether (sulfide) groups is 1.